The van der Waals surface area contributed by atoms with Gasteiger partial charge in [0, 0.05) is 4.88 Å². The van der Waals surface area contributed by atoms with Crippen molar-refractivity contribution in [2.24, 2.45) is 17.8 Å². The smallest absolute Gasteiger partial charge is 0.0931 e. The van der Waals surface area contributed by atoms with Crippen LogP contribution in [0.3, 0.4) is 0 Å². The van der Waals surface area contributed by atoms with Gasteiger partial charge in [-0.3, -0.25) is 0 Å². The molecule has 108 valence electrons. The number of hydrogen-bond acceptors (Lipinski definition) is 2. The highest BCUT2D eigenvalue weighted by atomic mass is 35.5. The van der Waals surface area contributed by atoms with Crippen LogP contribution in [0.2, 0.25) is 4.34 Å². The van der Waals surface area contributed by atoms with E-state index in [4.69, 9.17) is 11.6 Å². The first-order chi connectivity index (χ1) is 9.19. The van der Waals surface area contributed by atoms with Crippen molar-refractivity contribution in [3.05, 3.63) is 21.3 Å². The minimum absolute atomic E-state index is 0.836. The van der Waals surface area contributed by atoms with E-state index in [2.05, 4.69) is 25.2 Å². The summed E-state index contributed by atoms with van der Waals surface area (Å²) in [6.07, 6.45) is 6.63. The van der Waals surface area contributed by atoms with Gasteiger partial charge in [0.1, 0.15) is 0 Å². The molecule has 1 nitrogen and oxygen atoms in total. The van der Waals surface area contributed by atoms with Crippen LogP contribution in [0.5, 0.6) is 0 Å². The van der Waals surface area contributed by atoms with Crippen LogP contribution in [-0.2, 0) is 6.42 Å². The van der Waals surface area contributed by atoms with Gasteiger partial charge in [0.15, 0.2) is 0 Å². The van der Waals surface area contributed by atoms with E-state index >= 15 is 0 Å². The zero-order valence-corrected chi connectivity index (χ0v) is 13.7. The van der Waals surface area contributed by atoms with Gasteiger partial charge in [0.25, 0.3) is 0 Å². The summed E-state index contributed by atoms with van der Waals surface area (Å²) in [5.41, 5.74) is 0. The Morgan fingerprint density at radius 3 is 2.84 bits per heavy atom. The lowest BCUT2D eigenvalue weighted by molar-refractivity contribution is 0.184. The van der Waals surface area contributed by atoms with E-state index in [0.717, 1.165) is 28.6 Å². The summed E-state index contributed by atoms with van der Waals surface area (Å²) in [6.45, 7) is 7.00. The topological polar surface area (TPSA) is 12.0 Å². The van der Waals surface area contributed by atoms with Crippen molar-refractivity contribution in [2.45, 2.75) is 46.0 Å². The van der Waals surface area contributed by atoms with E-state index in [1.165, 1.54) is 43.5 Å². The molecular formula is C16H26ClNS. The van der Waals surface area contributed by atoms with E-state index < -0.39 is 0 Å². The fourth-order valence-electron chi connectivity index (χ4n) is 3.26. The summed E-state index contributed by atoms with van der Waals surface area (Å²) in [5.74, 6) is 2.58. The maximum Gasteiger partial charge on any atom is 0.0931 e. The molecule has 0 saturated heterocycles. The Morgan fingerprint density at radius 1 is 1.32 bits per heavy atom. The molecule has 19 heavy (non-hydrogen) atoms. The lowest BCUT2D eigenvalue weighted by Gasteiger charge is -2.35. The molecule has 3 heteroatoms. The van der Waals surface area contributed by atoms with Gasteiger partial charge >= 0.3 is 0 Å². The Kier molecular flexibility index (Phi) is 6.18. The van der Waals surface area contributed by atoms with Crippen LogP contribution >= 0.6 is 22.9 Å². The lowest BCUT2D eigenvalue weighted by atomic mass is 9.73. The van der Waals surface area contributed by atoms with Crippen LogP contribution in [0.4, 0.5) is 0 Å². The molecule has 1 fully saturated rings. The zero-order chi connectivity index (χ0) is 13.7. The molecule has 3 unspecified atom stereocenters. The average Bonchev–Trinajstić information content (AvgIpc) is 2.78. The van der Waals surface area contributed by atoms with Gasteiger partial charge in [-0.25, -0.2) is 0 Å². The second-order valence-electron chi connectivity index (χ2n) is 6.05. The van der Waals surface area contributed by atoms with Crippen LogP contribution in [0.15, 0.2) is 12.1 Å². The van der Waals surface area contributed by atoms with Gasteiger partial charge in [-0.15, -0.1) is 11.3 Å². The minimum Gasteiger partial charge on any atom is -0.316 e. The Bertz CT molecular complexity index is 377. The summed E-state index contributed by atoms with van der Waals surface area (Å²) in [7, 11) is 0. The largest absolute Gasteiger partial charge is 0.316 e. The molecule has 1 N–H and O–H groups in total. The standard InChI is InChI=1S/C16H26ClNS/c1-3-8-18-11-13-5-4-12(2)9-14(13)10-15-6-7-16(17)19-15/h6-7,12-14,18H,3-5,8-11H2,1-2H3. The molecule has 1 saturated carbocycles. The van der Waals surface area contributed by atoms with E-state index in [1.807, 2.05) is 6.07 Å². The van der Waals surface area contributed by atoms with Gasteiger partial charge in [-0.2, -0.15) is 0 Å². The highest BCUT2D eigenvalue weighted by Gasteiger charge is 2.28. The first kappa shape index (κ1) is 15.3. The van der Waals surface area contributed by atoms with E-state index in [0.29, 0.717) is 0 Å². The fraction of sp³-hybridized carbons (Fsp3) is 0.750. The molecule has 0 spiro atoms. The van der Waals surface area contributed by atoms with Gasteiger partial charge < -0.3 is 5.32 Å². The molecule has 3 atom stereocenters. The number of hydrogen-bond donors (Lipinski definition) is 1. The van der Waals surface area contributed by atoms with Gasteiger partial charge in [0.05, 0.1) is 4.34 Å². The molecule has 1 aliphatic carbocycles. The van der Waals surface area contributed by atoms with E-state index in [-0.39, 0.29) is 0 Å². The van der Waals surface area contributed by atoms with Crippen LogP contribution in [0, 0.1) is 17.8 Å². The summed E-state index contributed by atoms with van der Waals surface area (Å²) < 4.78 is 0.930. The van der Waals surface area contributed by atoms with Crippen LogP contribution < -0.4 is 5.32 Å². The Hall–Kier alpha value is -0.0500. The number of thiophene rings is 1. The number of nitrogens with one attached hydrogen (secondary N) is 1. The molecule has 1 aromatic heterocycles. The maximum absolute atomic E-state index is 6.05. The molecule has 1 aromatic rings. The number of rotatable bonds is 6. The molecule has 1 aliphatic rings. The highest BCUT2D eigenvalue weighted by Crippen LogP contribution is 2.37. The van der Waals surface area contributed by atoms with Crippen LogP contribution in [0.1, 0.15) is 44.4 Å². The minimum atomic E-state index is 0.836. The lowest BCUT2D eigenvalue weighted by Crippen LogP contribution is -2.34. The van der Waals surface area contributed by atoms with Crippen molar-refractivity contribution in [1.82, 2.24) is 5.32 Å². The van der Waals surface area contributed by atoms with Crippen LogP contribution in [-0.4, -0.2) is 13.1 Å². The first-order valence-electron chi connectivity index (χ1n) is 7.64. The van der Waals surface area contributed by atoms with Gasteiger partial charge in [0.2, 0.25) is 0 Å². The van der Waals surface area contributed by atoms with Crippen molar-refractivity contribution in [3.63, 3.8) is 0 Å². The van der Waals surface area contributed by atoms with Crippen molar-refractivity contribution in [3.8, 4) is 0 Å². The molecule has 0 amide bonds. The SMILES string of the molecule is CCCNCC1CCC(C)CC1Cc1ccc(Cl)s1. The predicted octanol–water partition coefficient (Wildman–Crippen LogP) is 5.00. The molecular weight excluding hydrogens is 274 g/mol. The molecule has 0 aromatic carbocycles. The molecule has 0 radical (unpaired) electrons. The predicted molar refractivity (Wildman–Crippen MR) is 86.2 cm³/mol. The van der Waals surface area contributed by atoms with E-state index in [9.17, 15) is 0 Å². The molecule has 0 aliphatic heterocycles. The molecule has 1 heterocycles. The third-order valence-electron chi connectivity index (χ3n) is 4.33. The summed E-state index contributed by atoms with van der Waals surface area (Å²) in [4.78, 5) is 1.46. The fourth-order valence-corrected chi connectivity index (χ4v) is 4.44. The normalized spacial score (nSPS) is 27.6. The second kappa shape index (κ2) is 7.66. The Balaban J connectivity index is 1.91. The van der Waals surface area contributed by atoms with Crippen molar-refractivity contribution in [1.29, 1.82) is 0 Å². The van der Waals surface area contributed by atoms with Gasteiger partial charge in [-0.1, -0.05) is 31.9 Å². The molecule has 0 bridgehead atoms. The Morgan fingerprint density at radius 2 is 2.16 bits per heavy atom. The second-order valence-corrected chi connectivity index (χ2v) is 7.85. The Labute approximate surface area is 126 Å². The van der Waals surface area contributed by atoms with E-state index in [1.54, 1.807) is 11.3 Å². The number of halogens is 1. The zero-order valence-electron chi connectivity index (χ0n) is 12.1. The summed E-state index contributed by atoms with van der Waals surface area (Å²) >= 11 is 7.81. The average molecular weight is 300 g/mol. The quantitative estimate of drug-likeness (QED) is 0.729. The maximum atomic E-state index is 6.05. The third-order valence-corrected chi connectivity index (χ3v) is 5.58. The first-order valence-corrected chi connectivity index (χ1v) is 8.83. The third kappa shape index (κ3) is 4.77. The van der Waals surface area contributed by atoms with Crippen molar-refractivity contribution < 1.29 is 0 Å². The summed E-state index contributed by atoms with van der Waals surface area (Å²) in [6, 6.07) is 4.25. The monoisotopic (exact) mass is 299 g/mol. The molecule has 2 rings (SSSR count). The van der Waals surface area contributed by atoms with Crippen molar-refractivity contribution >= 4 is 22.9 Å². The highest BCUT2D eigenvalue weighted by molar-refractivity contribution is 7.16. The van der Waals surface area contributed by atoms with Gasteiger partial charge in [-0.05, 0) is 68.7 Å². The summed E-state index contributed by atoms with van der Waals surface area (Å²) in [5, 5.41) is 3.62. The van der Waals surface area contributed by atoms with Crippen molar-refractivity contribution in [2.75, 3.05) is 13.1 Å². The van der Waals surface area contributed by atoms with Crippen LogP contribution in [0.25, 0.3) is 0 Å².